The van der Waals surface area contributed by atoms with E-state index >= 15 is 0 Å². The largest absolute Gasteiger partial charge is 0.497 e. The van der Waals surface area contributed by atoms with E-state index in [4.69, 9.17) is 17.7 Å². The number of rotatable bonds is 4. The van der Waals surface area contributed by atoms with Crippen molar-refractivity contribution in [3.63, 3.8) is 0 Å². The highest BCUT2D eigenvalue weighted by atomic mass is 16.5. The molecule has 2 unspecified atom stereocenters. The third-order valence-electron chi connectivity index (χ3n) is 3.45. The Morgan fingerprint density at radius 3 is 2.82 bits per heavy atom. The van der Waals surface area contributed by atoms with Crippen LogP contribution in [0.2, 0.25) is 0 Å². The third kappa shape index (κ3) is 1.80. The summed E-state index contributed by atoms with van der Waals surface area (Å²) in [7, 11) is 7.37. The van der Waals surface area contributed by atoms with Crippen LogP contribution in [-0.4, -0.2) is 37.7 Å². The molecular formula is C12H13BO4. The standard InChI is InChI=1S/C12H13BO4/c1-17-7-2-3-10(13)8(4-7)9-5-12(9,6-14)11(15)16/h2-4,9,14H,5-6H2,1H3,(H,15,16). The van der Waals surface area contributed by atoms with Gasteiger partial charge in [0.05, 0.1) is 19.1 Å². The Balaban J connectivity index is 2.34. The van der Waals surface area contributed by atoms with Crippen molar-refractivity contribution in [3.8, 4) is 5.75 Å². The van der Waals surface area contributed by atoms with Crippen LogP contribution in [0.4, 0.5) is 0 Å². The number of methoxy groups -OCH3 is 1. The average molecular weight is 232 g/mol. The molecule has 0 aliphatic heterocycles. The Bertz CT molecular complexity index is 460. The fourth-order valence-electron chi connectivity index (χ4n) is 2.17. The first kappa shape index (κ1) is 12.0. The van der Waals surface area contributed by atoms with Crippen LogP contribution in [-0.2, 0) is 4.79 Å². The number of aliphatic carboxylic acids is 1. The summed E-state index contributed by atoms with van der Waals surface area (Å²) in [5.41, 5.74) is 0.202. The molecule has 2 N–H and O–H groups in total. The zero-order chi connectivity index (χ0) is 12.6. The average Bonchev–Trinajstić information content (AvgIpc) is 3.05. The molecule has 0 saturated heterocycles. The lowest BCUT2D eigenvalue weighted by Gasteiger charge is -2.12. The first-order valence-corrected chi connectivity index (χ1v) is 5.33. The second kappa shape index (κ2) is 4.07. The molecule has 88 valence electrons. The van der Waals surface area contributed by atoms with Gasteiger partial charge in [0.1, 0.15) is 13.6 Å². The van der Waals surface area contributed by atoms with Crippen LogP contribution in [0.5, 0.6) is 5.75 Å². The maximum atomic E-state index is 11.1. The summed E-state index contributed by atoms with van der Waals surface area (Å²) in [4.78, 5) is 11.1. The molecule has 1 saturated carbocycles. The predicted octanol–water partition coefficient (Wildman–Crippen LogP) is 0.0396. The van der Waals surface area contributed by atoms with Gasteiger partial charge in [-0.05, 0) is 24.1 Å². The molecule has 2 atom stereocenters. The summed E-state index contributed by atoms with van der Waals surface area (Å²) in [6, 6.07) is 5.15. The first-order valence-electron chi connectivity index (χ1n) is 5.33. The number of aliphatic hydroxyl groups is 1. The molecule has 1 fully saturated rings. The van der Waals surface area contributed by atoms with Gasteiger partial charge in [-0.3, -0.25) is 4.79 Å². The number of hydrogen-bond donors (Lipinski definition) is 2. The van der Waals surface area contributed by atoms with Gasteiger partial charge in [0.2, 0.25) is 0 Å². The third-order valence-corrected chi connectivity index (χ3v) is 3.45. The molecule has 2 rings (SSSR count). The maximum Gasteiger partial charge on any atom is 0.312 e. The molecule has 0 amide bonds. The molecule has 0 aromatic heterocycles. The van der Waals surface area contributed by atoms with Crippen molar-refractivity contribution >= 4 is 19.3 Å². The van der Waals surface area contributed by atoms with Crippen molar-refractivity contribution in [1.29, 1.82) is 0 Å². The van der Waals surface area contributed by atoms with Crippen LogP contribution in [0.25, 0.3) is 0 Å². The van der Waals surface area contributed by atoms with Gasteiger partial charge in [-0.2, -0.15) is 0 Å². The van der Waals surface area contributed by atoms with E-state index in [1.54, 1.807) is 25.3 Å². The van der Waals surface area contributed by atoms with Crippen LogP contribution in [0.15, 0.2) is 18.2 Å². The van der Waals surface area contributed by atoms with Crippen LogP contribution < -0.4 is 10.2 Å². The Kier molecular flexibility index (Phi) is 2.87. The van der Waals surface area contributed by atoms with E-state index in [-0.39, 0.29) is 12.5 Å². The normalized spacial score (nSPS) is 26.6. The molecule has 1 aromatic rings. The summed E-state index contributed by atoms with van der Waals surface area (Å²) in [6.45, 7) is -0.371. The highest BCUT2D eigenvalue weighted by Crippen LogP contribution is 2.59. The maximum absolute atomic E-state index is 11.1. The molecule has 1 aliphatic rings. The van der Waals surface area contributed by atoms with Crippen LogP contribution >= 0.6 is 0 Å². The molecular weight excluding hydrogens is 219 g/mol. The number of hydrogen-bond acceptors (Lipinski definition) is 3. The lowest BCUT2D eigenvalue weighted by atomic mass is 9.86. The minimum atomic E-state index is -1.07. The molecule has 17 heavy (non-hydrogen) atoms. The number of carbonyl (C=O) groups is 1. The van der Waals surface area contributed by atoms with Crippen molar-refractivity contribution in [2.24, 2.45) is 5.41 Å². The van der Waals surface area contributed by atoms with Crippen molar-refractivity contribution in [2.75, 3.05) is 13.7 Å². The lowest BCUT2D eigenvalue weighted by Crippen LogP contribution is -2.23. The number of ether oxygens (including phenoxy) is 1. The molecule has 0 spiro atoms. The van der Waals surface area contributed by atoms with Crippen LogP contribution in [0.1, 0.15) is 17.9 Å². The Morgan fingerprint density at radius 2 is 2.35 bits per heavy atom. The van der Waals surface area contributed by atoms with Gasteiger partial charge in [-0.25, -0.2) is 0 Å². The highest BCUT2D eigenvalue weighted by molar-refractivity contribution is 6.33. The first-order chi connectivity index (χ1) is 8.05. The van der Waals surface area contributed by atoms with E-state index in [2.05, 4.69) is 0 Å². The lowest BCUT2D eigenvalue weighted by molar-refractivity contribution is -0.145. The van der Waals surface area contributed by atoms with E-state index in [9.17, 15) is 9.90 Å². The van der Waals surface area contributed by atoms with Gasteiger partial charge in [0, 0.05) is 5.92 Å². The van der Waals surface area contributed by atoms with Crippen molar-refractivity contribution in [1.82, 2.24) is 0 Å². The summed E-state index contributed by atoms with van der Waals surface area (Å²) in [6.07, 6.45) is 0.413. The van der Waals surface area contributed by atoms with Crippen molar-refractivity contribution < 1.29 is 19.7 Å². The zero-order valence-electron chi connectivity index (χ0n) is 9.51. The van der Waals surface area contributed by atoms with Gasteiger partial charge in [-0.15, -0.1) is 0 Å². The Hall–Kier alpha value is -1.49. The van der Waals surface area contributed by atoms with Gasteiger partial charge in [0.25, 0.3) is 0 Å². The number of benzene rings is 1. The Morgan fingerprint density at radius 1 is 1.65 bits per heavy atom. The smallest absolute Gasteiger partial charge is 0.312 e. The van der Waals surface area contributed by atoms with Crippen LogP contribution in [0, 0.1) is 5.41 Å². The van der Waals surface area contributed by atoms with E-state index < -0.39 is 11.4 Å². The van der Waals surface area contributed by atoms with Crippen molar-refractivity contribution in [3.05, 3.63) is 23.8 Å². The highest BCUT2D eigenvalue weighted by Gasteiger charge is 2.61. The minimum Gasteiger partial charge on any atom is -0.497 e. The zero-order valence-corrected chi connectivity index (χ0v) is 9.51. The molecule has 0 bridgehead atoms. The van der Waals surface area contributed by atoms with E-state index in [1.807, 2.05) is 0 Å². The number of carboxylic acids is 1. The Labute approximate surface area is 101 Å². The predicted molar refractivity (Wildman–Crippen MR) is 62.9 cm³/mol. The molecule has 2 radical (unpaired) electrons. The molecule has 1 aliphatic carbocycles. The molecule has 1 aromatic carbocycles. The van der Waals surface area contributed by atoms with E-state index in [0.29, 0.717) is 17.6 Å². The second-order valence-electron chi connectivity index (χ2n) is 4.37. The van der Waals surface area contributed by atoms with Crippen LogP contribution in [0.3, 0.4) is 0 Å². The van der Waals surface area contributed by atoms with Gasteiger partial charge < -0.3 is 14.9 Å². The number of carboxylic acid groups (broad SMARTS) is 1. The SMILES string of the molecule is [B]c1ccc(OC)cc1C1CC1(CO)C(=O)O. The molecule has 4 nitrogen and oxygen atoms in total. The monoisotopic (exact) mass is 232 g/mol. The van der Waals surface area contributed by atoms with Crippen molar-refractivity contribution in [2.45, 2.75) is 12.3 Å². The summed E-state index contributed by atoms with van der Waals surface area (Å²) >= 11 is 0. The quantitative estimate of drug-likeness (QED) is 0.719. The minimum absolute atomic E-state index is 0.236. The fraction of sp³-hybridized carbons (Fsp3) is 0.417. The van der Waals surface area contributed by atoms with E-state index in [0.717, 1.165) is 5.56 Å². The van der Waals surface area contributed by atoms with Gasteiger partial charge in [0.15, 0.2) is 0 Å². The number of aliphatic hydroxyl groups excluding tert-OH is 1. The van der Waals surface area contributed by atoms with E-state index in [1.165, 1.54) is 0 Å². The molecule has 5 heteroatoms. The van der Waals surface area contributed by atoms with Gasteiger partial charge >= 0.3 is 5.97 Å². The second-order valence-corrected chi connectivity index (χ2v) is 4.37. The summed E-state index contributed by atoms with van der Waals surface area (Å²) in [5.74, 6) is -0.578. The molecule has 0 heterocycles. The summed E-state index contributed by atoms with van der Waals surface area (Å²) in [5, 5.41) is 18.3. The van der Waals surface area contributed by atoms with Gasteiger partial charge in [-0.1, -0.05) is 11.5 Å². The topological polar surface area (TPSA) is 66.8 Å². The fourth-order valence-corrected chi connectivity index (χ4v) is 2.17. The summed E-state index contributed by atoms with van der Waals surface area (Å²) < 4.78 is 5.08.